The van der Waals surface area contributed by atoms with Crippen molar-refractivity contribution in [2.45, 2.75) is 46.6 Å². The standard InChI is InChI=1S/C24H30N4O3/c1-14-10-15(2)12-17(11-14)21-18(8-9-26-23(29)31-24(3,4)5)19-13-16(22(25)28-30)6-7-20(19)27-21/h6-7,10-13,27,30H,8-9H2,1-5H3,(H2,25,28)(H,26,29). The lowest BCUT2D eigenvalue weighted by Gasteiger charge is -2.19. The van der Waals surface area contributed by atoms with Crippen molar-refractivity contribution in [3.8, 4) is 11.3 Å². The summed E-state index contributed by atoms with van der Waals surface area (Å²) in [6.07, 6.45) is 0.138. The summed E-state index contributed by atoms with van der Waals surface area (Å²) in [4.78, 5) is 15.6. The summed E-state index contributed by atoms with van der Waals surface area (Å²) in [7, 11) is 0. The maximum Gasteiger partial charge on any atom is 0.407 e. The third-order valence-corrected chi connectivity index (χ3v) is 4.86. The highest BCUT2D eigenvalue weighted by Gasteiger charge is 2.18. The van der Waals surface area contributed by atoms with Crippen LogP contribution in [-0.4, -0.2) is 34.3 Å². The lowest BCUT2D eigenvalue weighted by Crippen LogP contribution is -2.33. The number of amidine groups is 1. The summed E-state index contributed by atoms with van der Waals surface area (Å²) in [6.45, 7) is 10.0. The highest BCUT2D eigenvalue weighted by Crippen LogP contribution is 2.32. The fraction of sp³-hybridized carbons (Fsp3) is 0.333. The first-order valence-electron chi connectivity index (χ1n) is 10.3. The van der Waals surface area contributed by atoms with Gasteiger partial charge in [0.1, 0.15) is 5.60 Å². The van der Waals surface area contributed by atoms with E-state index in [1.165, 1.54) is 11.1 Å². The first-order chi connectivity index (χ1) is 14.6. The number of amides is 1. The molecule has 1 aromatic heterocycles. The molecule has 0 saturated heterocycles. The number of hydrogen-bond acceptors (Lipinski definition) is 4. The minimum absolute atomic E-state index is 0.0499. The molecule has 0 fully saturated rings. The van der Waals surface area contributed by atoms with Gasteiger partial charge in [-0.15, -0.1) is 0 Å². The minimum atomic E-state index is -0.550. The largest absolute Gasteiger partial charge is 0.444 e. The van der Waals surface area contributed by atoms with Gasteiger partial charge in [0, 0.05) is 28.7 Å². The van der Waals surface area contributed by atoms with Crippen molar-refractivity contribution in [1.29, 1.82) is 0 Å². The maximum atomic E-state index is 12.1. The smallest absolute Gasteiger partial charge is 0.407 e. The summed E-state index contributed by atoms with van der Waals surface area (Å²) in [5.74, 6) is 0.0499. The highest BCUT2D eigenvalue weighted by atomic mass is 16.6. The number of nitrogens with zero attached hydrogens (tertiary/aromatic N) is 1. The van der Waals surface area contributed by atoms with Crippen LogP contribution in [0.3, 0.4) is 0 Å². The molecule has 3 rings (SSSR count). The van der Waals surface area contributed by atoms with Gasteiger partial charge < -0.3 is 26.0 Å². The predicted molar refractivity (Wildman–Crippen MR) is 124 cm³/mol. The molecule has 0 radical (unpaired) electrons. The number of aryl methyl sites for hydroxylation is 2. The van der Waals surface area contributed by atoms with E-state index in [9.17, 15) is 4.79 Å². The second-order valence-corrected chi connectivity index (χ2v) is 8.78. The van der Waals surface area contributed by atoms with Crippen molar-refractivity contribution in [1.82, 2.24) is 10.3 Å². The number of rotatable bonds is 5. The molecule has 0 aliphatic carbocycles. The lowest BCUT2D eigenvalue weighted by atomic mass is 9.99. The van der Waals surface area contributed by atoms with Gasteiger partial charge in [0.2, 0.25) is 0 Å². The normalized spacial score (nSPS) is 12.2. The Hall–Kier alpha value is -3.48. The van der Waals surface area contributed by atoms with Gasteiger partial charge in [-0.25, -0.2) is 4.79 Å². The number of fused-ring (bicyclic) bond motifs is 1. The molecule has 0 spiro atoms. The molecule has 1 amide bonds. The van der Waals surface area contributed by atoms with Crippen LogP contribution in [0.1, 0.15) is 43.0 Å². The van der Waals surface area contributed by atoms with E-state index < -0.39 is 11.7 Å². The first kappa shape index (κ1) is 22.2. The summed E-state index contributed by atoms with van der Waals surface area (Å²) >= 11 is 0. The average molecular weight is 423 g/mol. The van der Waals surface area contributed by atoms with E-state index in [2.05, 4.69) is 47.5 Å². The number of aromatic nitrogens is 1. The quantitative estimate of drug-likeness (QED) is 0.208. The Bertz CT molecular complexity index is 1120. The molecule has 0 aliphatic rings. The second-order valence-electron chi connectivity index (χ2n) is 8.78. The fourth-order valence-corrected chi connectivity index (χ4v) is 3.69. The number of ether oxygens (including phenoxy) is 1. The van der Waals surface area contributed by atoms with Crippen LogP contribution in [-0.2, 0) is 11.2 Å². The van der Waals surface area contributed by atoms with Gasteiger partial charge in [-0.3, -0.25) is 0 Å². The third-order valence-electron chi connectivity index (χ3n) is 4.86. The Balaban J connectivity index is 2.01. The molecular weight excluding hydrogens is 392 g/mol. The van der Waals surface area contributed by atoms with Crippen LogP contribution in [0, 0.1) is 13.8 Å². The molecule has 5 N–H and O–H groups in total. The Morgan fingerprint density at radius 1 is 1.16 bits per heavy atom. The number of carbonyl (C=O) groups is 1. The summed E-state index contributed by atoms with van der Waals surface area (Å²) in [5.41, 5.74) is 12.3. The first-order valence-corrected chi connectivity index (χ1v) is 10.3. The van der Waals surface area contributed by atoms with E-state index >= 15 is 0 Å². The van der Waals surface area contributed by atoms with E-state index in [0.29, 0.717) is 18.5 Å². The van der Waals surface area contributed by atoms with Gasteiger partial charge in [-0.05, 0) is 82.5 Å². The Morgan fingerprint density at radius 2 is 1.84 bits per heavy atom. The predicted octanol–water partition coefficient (Wildman–Crippen LogP) is 4.61. The molecular formula is C24H30N4O3. The molecule has 7 nitrogen and oxygen atoms in total. The Morgan fingerprint density at radius 3 is 2.45 bits per heavy atom. The zero-order chi connectivity index (χ0) is 22.8. The highest BCUT2D eigenvalue weighted by molar-refractivity contribution is 6.02. The van der Waals surface area contributed by atoms with Crippen LogP contribution in [0.15, 0.2) is 41.6 Å². The molecule has 7 heteroatoms. The van der Waals surface area contributed by atoms with Gasteiger partial charge >= 0.3 is 6.09 Å². The minimum Gasteiger partial charge on any atom is -0.444 e. The zero-order valence-electron chi connectivity index (χ0n) is 18.7. The molecule has 0 bridgehead atoms. The van der Waals surface area contributed by atoms with E-state index in [-0.39, 0.29) is 5.84 Å². The van der Waals surface area contributed by atoms with Crippen LogP contribution in [0.25, 0.3) is 22.2 Å². The van der Waals surface area contributed by atoms with Crippen LogP contribution in [0.2, 0.25) is 0 Å². The van der Waals surface area contributed by atoms with E-state index in [0.717, 1.165) is 27.7 Å². The van der Waals surface area contributed by atoms with Crippen LogP contribution >= 0.6 is 0 Å². The average Bonchev–Trinajstić information content (AvgIpc) is 3.03. The maximum absolute atomic E-state index is 12.1. The van der Waals surface area contributed by atoms with Crippen molar-refractivity contribution in [2.24, 2.45) is 10.9 Å². The van der Waals surface area contributed by atoms with Gasteiger partial charge in [-0.1, -0.05) is 22.3 Å². The molecule has 3 aromatic rings. The van der Waals surface area contributed by atoms with Crippen molar-refractivity contribution in [3.63, 3.8) is 0 Å². The van der Waals surface area contributed by atoms with Crippen molar-refractivity contribution in [2.75, 3.05) is 6.54 Å². The fourth-order valence-electron chi connectivity index (χ4n) is 3.69. The van der Waals surface area contributed by atoms with Crippen LogP contribution in [0.4, 0.5) is 4.79 Å². The second kappa shape index (κ2) is 8.71. The topological polar surface area (TPSA) is 113 Å². The summed E-state index contributed by atoms with van der Waals surface area (Å²) in [5, 5.41) is 16.0. The number of nitrogens with one attached hydrogen (secondary N) is 2. The number of hydrogen-bond donors (Lipinski definition) is 4. The summed E-state index contributed by atoms with van der Waals surface area (Å²) in [6, 6.07) is 12.0. The van der Waals surface area contributed by atoms with Gasteiger partial charge in [0.05, 0.1) is 0 Å². The number of alkyl carbamates (subject to hydrolysis) is 1. The van der Waals surface area contributed by atoms with Crippen molar-refractivity contribution >= 4 is 22.8 Å². The van der Waals surface area contributed by atoms with E-state index in [4.69, 9.17) is 15.7 Å². The summed E-state index contributed by atoms with van der Waals surface area (Å²) < 4.78 is 5.34. The molecule has 1 heterocycles. The van der Waals surface area contributed by atoms with Gasteiger partial charge in [0.25, 0.3) is 0 Å². The number of carbonyl (C=O) groups excluding carboxylic acids is 1. The zero-order valence-corrected chi connectivity index (χ0v) is 18.7. The number of nitrogens with two attached hydrogens (primary N) is 1. The third kappa shape index (κ3) is 5.36. The number of H-pyrrole nitrogens is 1. The van der Waals surface area contributed by atoms with Crippen molar-refractivity contribution in [3.05, 3.63) is 58.7 Å². The van der Waals surface area contributed by atoms with Gasteiger partial charge in [0.15, 0.2) is 5.84 Å². The Labute approximate surface area is 182 Å². The monoisotopic (exact) mass is 422 g/mol. The van der Waals surface area contributed by atoms with E-state index in [1.807, 2.05) is 39.0 Å². The molecule has 0 atom stereocenters. The molecule has 0 unspecified atom stereocenters. The molecule has 2 aromatic carbocycles. The Kier molecular flexibility index (Phi) is 6.24. The molecule has 31 heavy (non-hydrogen) atoms. The lowest BCUT2D eigenvalue weighted by molar-refractivity contribution is 0.0528. The molecule has 164 valence electrons. The van der Waals surface area contributed by atoms with Gasteiger partial charge in [-0.2, -0.15) is 0 Å². The number of benzene rings is 2. The molecule has 0 aliphatic heterocycles. The van der Waals surface area contributed by atoms with Crippen LogP contribution < -0.4 is 11.1 Å². The number of aromatic amines is 1. The van der Waals surface area contributed by atoms with Crippen molar-refractivity contribution < 1.29 is 14.7 Å². The molecule has 0 saturated carbocycles. The number of oxime groups is 1. The SMILES string of the molecule is Cc1cc(C)cc(-c2[nH]c3ccc(/C(N)=N/O)cc3c2CCNC(=O)OC(C)(C)C)c1. The van der Waals surface area contributed by atoms with E-state index in [1.54, 1.807) is 0 Å². The van der Waals surface area contributed by atoms with Crippen LogP contribution in [0.5, 0.6) is 0 Å².